The molecule has 0 fully saturated rings. The molecular weight excluding hydrogens is 300 g/mol. The van der Waals surface area contributed by atoms with Crippen molar-refractivity contribution in [2.75, 3.05) is 0 Å². The van der Waals surface area contributed by atoms with Gasteiger partial charge in [-0.2, -0.15) is 0 Å². The maximum atomic E-state index is 12.6. The van der Waals surface area contributed by atoms with Gasteiger partial charge in [0.15, 0.2) is 0 Å². The standard InChI is InChI=1S/C21H40O3/c1-6-9-11-13-15-17-19(22)18(16-14-12-10-7-2)20(23)24-21(4,5)8-3/h18H,6-17H2,1-5H3. The van der Waals surface area contributed by atoms with Crippen LogP contribution < -0.4 is 0 Å². The molecule has 0 heterocycles. The van der Waals surface area contributed by atoms with Gasteiger partial charge in [-0.15, -0.1) is 0 Å². The molecule has 0 rings (SSSR count). The smallest absolute Gasteiger partial charge is 0.317 e. The van der Waals surface area contributed by atoms with Crippen molar-refractivity contribution in [1.29, 1.82) is 0 Å². The molecule has 1 atom stereocenters. The van der Waals surface area contributed by atoms with Gasteiger partial charge in [0, 0.05) is 6.42 Å². The molecule has 0 spiro atoms. The largest absolute Gasteiger partial charge is 0.459 e. The zero-order valence-corrected chi connectivity index (χ0v) is 16.8. The number of hydrogen-bond acceptors (Lipinski definition) is 3. The third-order valence-electron chi connectivity index (χ3n) is 4.77. The van der Waals surface area contributed by atoms with Crippen molar-refractivity contribution in [3.63, 3.8) is 0 Å². The normalized spacial score (nSPS) is 12.9. The van der Waals surface area contributed by atoms with Crippen molar-refractivity contribution < 1.29 is 14.3 Å². The Morgan fingerprint density at radius 1 is 0.833 bits per heavy atom. The molecule has 0 aromatic rings. The second-order valence-electron chi connectivity index (χ2n) is 7.57. The lowest BCUT2D eigenvalue weighted by Gasteiger charge is -2.26. The zero-order chi connectivity index (χ0) is 18.4. The van der Waals surface area contributed by atoms with E-state index < -0.39 is 11.5 Å². The molecule has 24 heavy (non-hydrogen) atoms. The van der Waals surface area contributed by atoms with Gasteiger partial charge in [0.05, 0.1) is 0 Å². The summed E-state index contributed by atoms with van der Waals surface area (Å²) in [5.41, 5.74) is -0.486. The summed E-state index contributed by atoms with van der Waals surface area (Å²) in [6.45, 7) is 10.2. The molecule has 0 aromatic heterocycles. The fourth-order valence-corrected chi connectivity index (χ4v) is 2.68. The molecule has 0 saturated heterocycles. The number of rotatable bonds is 15. The monoisotopic (exact) mass is 340 g/mol. The summed E-state index contributed by atoms with van der Waals surface area (Å²) in [4.78, 5) is 25.1. The van der Waals surface area contributed by atoms with Gasteiger partial charge >= 0.3 is 5.97 Å². The van der Waals surface area contributed by atoms with Crippen molar-refractivity contribution >= 4 is 11.8 Å². The highest BCUT2D eigenvalue weighted by molar-refractivity contribution is 5.99. The Hall–Kier alpha value is -0.860. The first-order chi connectivity index (χ1) is 11.4. The predicted octanol–water partition coefficient (Wildman–Crippen LogP) is 6.23. The summed E-state index contributed by atoms with van der Waals surface area (Å²) in [5, 5.41) is 0. The van der Waals surface area contributed by atoms with E-state index in [1.807, 2.05) is 20.8 Å². The average molecular weight is 341 g/mol. The van der Waals surface area contributed by atoms with Crippen LogP contribution in [0.25, 0.3) is 0 Å². The topological polar surface area (TPSA) is 43.4 Å². The highest BCUT2D eigenvalue weighted by atomic mass is 16.6. The van der Waals surface area contributed by atoms with E-state index in [0.717, 1.165) is 44.9 Å². The molecule has 0 saturated carbocycles. The first-order valence-electron chi connectivity index (χ1n) is 10.1. The SMILES string of the molecule is CCCCCCCC(=O)C(CCCCCC)C(=O)OC(C)(C)CC. The first-order valence-corrected chi connectivity index (χ1v) is 10.1. The Bertz CT molecular complexity index is 347. The Morgan fingerprint density at radius 2 is 1.38 bits per heavy atom. The summed E-state index contributed by atoms with van der Waals surface area (Å²) < 4.78 is 5.61. The van der Waals surface area contributed by atoms with E-state index in [4.69, 9.17) is 4.74 Å². The van der Waals surface area contributed by atoms with Crippen molar-refractivity contribution in [3.8, 4) is 0 Å². The molecule has 0 bridgehead atoms. The Kier molecular flexibility index (Phi) is 13.0. The van der Waals surface area contributed by atoms with Gasteiger partial charge in [0.2, 0.25) is 0 Å². The van der Waals surface area contributed by atoms with Gasteiger partial charge < -0.3 is 4.74 Å². The van der Waals surface area contributed by atoms with Gasteiger partial charge in [-0.1, -0.05) is 72.1 Å². The predicted molar refractivity (Wildman–Crippen MR) is 101 cm³/mol. The number of ether oxygens (including phenoxy) is 1. The molecule has 0 radical (unpaired) electrons. The first kappa shape index (κ1) is 23.1. The highest BCUT2D eigenvalue weighted by Gasteiger charge is 2.31. The molecule has 0 aliphatic rings. The van der Waals surface area contributed by atoms with Crippen molar-refractivity contribution in [2.45, 2.75) is 117 Å². The molecule has 0 aromatic carbocycles. The summed E-state index contributed by atoms with van der Waals surface area (Å²) in [6.07, 6.45) is 11.8. The quantitative estimate of drug-likeness (QED) is 0.201. The number of hydrogen-bond donors (Lipinski definition) is 0. The van der Waals surface area contributed by atoms with Crippen LogP contribution in [0, 0.1) is 5.92 Å². The summed E-state index contributed by atoms with van der Waals surface area (Å²) in [5.74, 6) is -0.782. The van der Waals surface area contributed by atoms with Crippen molar-refractivity contribution in [2.24, 2.45) is 5.92 Å². The van der Waals surface area contributed by atoms with E-state index >= 15 is 0 Å². The van der Waals surface area contributed by atoms with Gasteiger partial charge in [-0.25, -0.2) is 0 Å². The zero-order valence-electron chi connectivity index (χ0n) is 16.8. The lowest BCUT2D eigenvalue weighted by molar-refractivity contribution is -0.164. The van der Waals surface area contributed by atoms with E-state index in [0.29, 0.717) is 12.8 Å². The van der Waals surface area contributed by atoms with Crippen LogP contribution >= 0.6 is 0 Å². The molecule has 3 nitrogen and oxygen atoms in total. The minimum Gasteiger partial charge on any atom is -0.459 e. The fourth-order valence-electron chi connectivity index (χ4n) is 2.68. The van der Waals surface area contributed by atoms with Gasteiger partial charge in [0.25, 0.3) is 0 Å². The summed E-state index contributed by atoms with van der Waals surface area (Å²) >= 11 is 0. The molecule has 0 amide bonds. The lowest BCUT2D eigenvalue weighted by Crippen LogP contribution is -2.34. The molecule has 3 heteroatoms. The Morgan fingerprint density at radius 3 is 1.92 bits per heavy atom. The van der Waals surface area contributed by atoms with Crippen LogP contribution in [0.5, 0.6) is 0 Å². The molecule has 0 aliphatic carbocycles. The third kappa shape index (κ3) is 10.8. The molecular formula is C21H40O3. The number of unbranched alkanes of at least 4 members (excludes halogenated alkanes) is 7. The van der Waals surface area contributed by atoms with E-state index in [2.05, 4.69) is 13.8 Å². The van der Waals surface area contributed by atoms with Crippen LogP contribution in [-0.2, 0) is 14.3 Å². The number of ketones is 1. The van der Waals surface area contributed by atoms with Gasteiger partial charge in [0.1, 0.15) is 17.3 Å². The number of Topliss-reactive ketones (excluding diaryl/α,β-unsaturated/α-hetero) is 1. The van der Waals surface area contributed by atoms with Crippen LogP contribution in [0.3, 0.4) is 0 Å². The fraction of sp³-hybridized carbons (Fsp3) is 0.905. The van der Waals surface area contributed by atoms with E-state index in [1.54, 1.807) is 0 Å². The number of carbonyl (C=O) groups is 2. The van der Waals surface area contributed by atoms with E-state index in [9.17, 15) is 9.59 Å². The minimum absolute atomic E-state index is 0.0832. The molecule has 0 aliphatic heterocycles. The second kappa shape index (κ2) is 13.4. The molecule has 0 N–H and O–H groups in total. The maximum Gasteiger partial charge on any atom is 0.317 e. The van der Waals surface area contributed by atoms with E-state index in [1.165, 1.54) is 19.3 Å². The number of carbonyl (C=O) groups excluding carboxylic acids is 2. The van der Waals surface area contributed by atoms with Crippen LogP contribution in [0.15, 0.2) is 0 Å². The molecule has 1 unspecified atom stereocenters. The van der Waals surface area contributed by atoms with E-state index in [-0.39, 0.29) is 11.8 Å². The minimum atomic E-state index is -0.557. The lowest BCUT2D eigenvalue weighted by atomic mass is 9.92. The second-order valence-corrected chi connectivity index (χ2v) is 7.57. The maximum absolute atomic E-state index is 12.6. The average Bonchev–Trinajstić information content (AvgIpc) is 2.54. The summed E-state index contributed by atoms with van der Waals surface area (Å²) in [6, 6.07) is 0. The van der Waals surface area contributed by atoms with Crippen LogP contribution in [0.4, 0.5) is 0 Å². The Labute approximate surface area is 149 Å². The van der Waals surface area contributed by atoms with Crippen LogP contribution in [-0.4, -0.2) is 17.4 Å². The number of esters is 1. The highest BCUT2D eigenvalue weighted by Crippen LogP contribution is 2.22. The third-order valence-corrected chi connectivity index (χ3v) is 4.77. The van der Waals surface area contributed by atoms with Crippen molar-refractivity contribution in [1.82, 2.24) is 0 Å². The van der Waals surface area contributed by atoms with Crippen LogP contribution in [0.1, 0.15) is 112 Å². The molecule has 142 valence electrons. The summed E-state index contributed by atoms with van der Waals surface area (Å²) in [7, 11) is 0. The Balaban J connectivity index is 4.54. The van der Waals surface area contributed by atoms with Crippen molar-refractivity contribution in [3.05, 3.63) is 0 Å². The van der Waals surface area contributed by atoms with Gasteiger partial charge in [-0.3, -0.25) is 9.59 Å². The van der Waals surface area contributed by atoms with Crippen LogP contribution in [0.2, 0.25) is 0 Å². The van der Waals surface area contributed by atoms with Gasteiger partial charge in [-0.05, 0) is 33.1 Å².